The van der Waals surface area contributed by atoms with Crippen LogP contribution < -0.4 is 10.1 Å². The highest BCUT2D eigenvalue weighted by molar-refractivity contribution is 5.67. The highest BCUT2D eigenvalue weighted by Crippen LogP contribution is 2.36. The van der Waals surface area contributed by atoms with Crippen LogP contribution in [0.3, 0.4) is 0 Å². The van der Waals surface area contributed by atoms with Crippen molar-refractivity contribution in [2.45, 2.75) is 44.8 Å². The summed E-state index contributed by atoms with van der Waals surface area (Å²) in [4.78, 5) is 15.0. The Morgan fingerprint density at radius 2 is 1.92 bits per heavy atom. The number of aliphatic hydroxyl groups is 2. The molecule has 0 saturated carbocycles. The zero-order valence-electron chi connectivity index (χ0n) is 14.2. The first kappa shape index (κ1) is 21.0. The number of pyridine rings is 1. The number of aliphatic hydroxyl groups excluding tert-OH is 2. The maximum atomic E-state index is 13.0. The topological polar surface area (TPSA) is 101 Å². The lowest BCUT2D eigenvalue weighted by atomic mass is 10.0. The average molecular weight is 366 g/mol. The minimum absolute atomic E-state index is 0.272. The molecule has 0 aromatic carbocycles. The van der Waals surface area contributed by atoms with Crippen LogP contribution in [0.2, 0.25) is 0 Å². The predicted octanol–water partition coefficient (Wildman–Crippen LogP) is 2.03. The number of nitrogens with one attached hydrogen (secondary N) is 1. The van der Waals surface area contributed by atoms with Crippen LogP contribution in [-0.2, 0) is 10.9 Å². The van der Waals surface area contributed by atoms with E-state index in [2.05, 4.69) is 15.0 Å². The second kappa shape index (κ2) is 7.87. The number of methoxy groups -OCH3 is 1. The van der Waals surface area contributed by atoms with E-state index in [1.165, 1.54) is 0 Å². The lowest BCUT2D eigenvalue weighted by molar-refractivity contribution is -0.139. The Labute approximate surface area is 142 Å². The number of hydrogen-bond acceptors (Lipinski definition) is 6. The van der Waals surface area contributed by atoms with Gasteiger partial charge in [-0.2, -0.15) is 13.2 Å². The molecule has 1 rings (SSSR count). The lowest BCUT2D eigenvalue weighted by Crippen LogP contribution is -2.38. The molecule has 10 heteroatoms. The minimum atomic E-state index is -4.74. The molecule has 25 heavy (non-hydrogen) atoms. The second-order valence-corrected chi connectivity index (χ2v) is 6.22. The highest BCUT2D eigenvalue weighted by Gasteiger charge is 2.36. The standard InChI is InChI=1S/C15H21F3N2O5/c1-14(2,3)25-13(23)20-7-10(21)11(22)8-5-9(15(16,17)18)12(24-4)19-6-8/h5-6,10-11,21-22H,7H2,1-4H3,(H,20,23). The number of alkyl carbamates (subject to hydrolysis) is 1. The van der Waals surface area contributed by atoms with Crippen LogP contribution in [-0.4, -0.2) is 46.6 Å². The maximum Gasteiger partial charge on any atom is 0.421 e. The number of amides is 1. The third-order valence-corrected chi connectivity index (χ3v) is 2.93. The first-order chi connectivity index (χ1) is 11.3. The van der Waals surface area contributed by atoms with E-state index in [9.17, 15) is 28.2 Å². The van der Waals surface area contributed by atoms with Crippen molar-refractivity contribution < 1.29 is 37.7 Å². The van der Waals surface area contributed by atoms with E-state index in [0.29, 0.717) is 6.07 Å². The quantitative estimate of drug-likeness (QED) is 0.737. The summed E-state index contributed by atoms with van der Waals surface area (Å²) in [6.45, 7) is 4.49. The number of alkyl halides is 3. The molecular formula is C15H21F3N2O5. The molecule has 0 radical (unpaired) electrons. The van der Waals surface area contributed by atoms with E-state index < -0.39 is 48.1 Å². The van der Waals surface area contributed by atoms with E-state index in [4.69, 9.17) is 4.74 Å². The largest absolute Gasteiger partial charge is 0.481 e. The smallest absolute Gasteiger partial charge is 0.421 e. The molecule has 7 nitrogen and oxygen atoms in total. The van der Waals surface area contributed by atoms with Crippen LogP contribution in [0.4, 0.5) is 18.0 Å². The predicted molar refractivity (Wildman–Crippen MR) is 81.0 cm³/mol. The van der Waals surface area contributed by atoms with Crippen molar-refractivity contribution in [3.05, 3.63) is 23.4 Å². The first-order valence-electron chi connectivity index (χ1n) is 7.29. The van der Waals surface area contributed by atoms with Crippen molar-refractivity contribution in [3.8, 4) is 5.88 Å². The van der Waals surface area contributed by atoms with Crippen LogP contribution in [0.15, 0.2) is 12.3 Å². The average Bonchev–Trinajstić information content (AvgIpc) is 2.48. The van der Waals surface area contributed by atoms with E-state index in [-0.39, 0.29) is 5.56 Å². The summed E-state index contributed by atoms with van der Waals surface area (Å²) in [5, 5.41) is 22.1. The molecule has 142 valence electrons. The van der Waals surface area contributed by atoms with Crippen molar-refractivity contribution in [2.75, 3.05) is 13.7 Å². The van der Waals surface area contributed by atoms with Gasteiger partial charge in [0.1, 0.15) is 23.4 Å². The molecule has 0 fully saturated rings. The van der Waals surface area contributed by atoms with Crippen LogP contribution in [0, 0.1) is 0 Å². The Bertz CT molecular complexity index is 602. The molecule has 0 spiro atoms. The van der Waals surface area contributed by atoms with Crippen molar-refractivity contribution in [1.82, 2.24) is 10.3 Å². The molecule has 1 heterocycles. The molecule has 2 atom stereocenters. The molecule has 0 bridgehead atoms. The second-order valence-electron chi connectivity index (χ2n) is 6.22. The molecule has 0 aliphatic rings. The van der Waals surface area contributed by atoms with Crippen LogP contribution >= 0.6 is 0 Å². The number of carbonyl (C=O) groups excluding carboxylic acids is 1. The van der Waals surface area contributed by atoms with Crippen LogP contribution in [0.1, 0.15) is 38.0 Å². The van der Waals surface area contributed by atoms with E-state index in [1.54, 1.807) is 20.8 Å². The van der Waals surface area contributed by atoms with Crippen molar-refractivity contribution in [2.24, 2.45) is 0 Å². The molecule has 1 aromatic heterocycles. The summed E-state index contributed by atoms with van der Waals surface area (Å²) in [5.41, 5.74) is -2.21. The van der Waals surface area contributed by atoms with Gasteiger partial charge in [-0.25, -0.2) is 9.78 Å². The summed E-state index contributed by atoms with van der Waals surface area (Å²) in [6, 6.07) is 0.632. The number of rotatable bonds is 5. The van der Waals surface area contributed by atoms with Crippen molar-refractivity contribution in [1.29, 1.82) is 0 Å². The summed E-state index contributed by atoms with van der Waals surface area (Å²) < 4.78 is 48.4. The molecule has 2 unspecified atom stereocenters. The van der Waals surface area contributed by atoms with Gasteiger partial charge in [0, 0.05) is 18.3 Å². The number of ether oxygens (including phenoxy) is 2. The summed E-state index contributed by atoms with van der Waals surface area (Å²) in [6.07, 6.45) is -7.88. The molecule has 1 amide bonds. The van der Waals surface area contributed by atoms with Crippen molar-refractivity contribution >= 4 is 6.09 Å². The van der Waals surface area contributed by atoms with Gasteiger partial charge in [-0.05, 0) is 26.8 Å². The number of halogens is 3. The Hall–Kier alpha value is -2.07. The fourth-order valence-electron chi connectivity index (χ4n) is 1.83. The van der Waals surface area contributed by atoms with E-state index >= 15 is 0 Å². The van der Waals surface area contributed by atoms with Crippen LogP contribution in [0.25, 0.3) is 0 Å². The van der Waals surface area contributed by atoms with E-state index in [1.807, 2.05) is 0 Å². The highest BCUT2D eigenvalue weighted by atomic mass is 19.4. The lowest BCUT2D eigenvalue weighted by Gasteiger charge is -2.22. The van der Waals surface area contributed by atoms with Gasteiger partial charge >= 0.3 is 12.3 Å². The first-order valence-corrected chi connectivity index (χ1v) is 7.29. The molecular weight excluding hydrogens is 345 g/mol. The number of hydrogen-bond donors (Lipinski definition) is 3. The molecule has 0 aliphatic heterocycles. The number of carbonyl (C=O) groups is 1. The number of nitrogens with zero attached hydrogens (tertiary/aromatic N) is 1. The van der Waals surface area contributed by atoms with Gasteiger partial charge in [0.25, 0.3) is 0 Å². The van der Waals surface area contributed by atoms with Gasteiger partial charge in [-0.3, -0.25) is 0 Å². The Morgan fingerprint density at radius 3 is 2.40 bits per heavy atom. The fraction of sp³-hybridized carbons (Fsp3) is 0.600. The third kappa shape index (κ3) is 6.39. The molecule has 1 aromatic rings. The molecule has 0 saturated heterocycles. The summed E-state index contributed by atoms with van der Waals surface area (Å²) in [5.74, 6) is -0.648. The van der Waals surface area contributed by atoms with Gasteiger partial charge in [-0.1, -0.05) is 0 Å². The van der Waals surface area contributed by atoms with Crippen molar-refractivity contribution in [3.63, 3.8) is 0 Å². The van der Waals surface area contributed by atoms with E-state index in [0.717, 1.165) is 13.3 Å². The van der Waals surface area contributed by atoms with Crippen LogP contribution in [0.5, 0.6) is 5.88 Å². The fourth-order valence-corrected chi connectivity index (χ4v) is 1.83. The van der Waals surface area contributed by atoms with Gasteiger partial charge in [0.2, 0.25) is 5.88 Å². The Kier molecular flexibility index (Phi) is 6.61. The third-order valence-electron chi connectivity index (χ3n) is 2.93. The monoisotopic (exact) mass is 366 g/mol. The normalized spacial score (nSPS) is 14.6. The maximum absolute atomic E-state index is 13.0. The Morgan fingerprint density at radius 1 is 1.32 bits per heavy atom. The number of aromatic nitrogens is 1. The minimum Gasteiger partial charge on any atom is -0.481 e. The summed E-state index contributed by atoms with van der Waals surface area (Å²) in [7, 11) is 1.03. The summed E-state index contributed by atoms with van der Waals surface area (Å²) >= 11 is 0. The zero-order chi connectivity index (χ0) is 19.4. The van der Waals surface area contributed by atoms with Gasteiger partial charge in [0.15, 0.2) is 0 Å². The molecule has 3 N–H and O–H groups in total. The van der Waals surface area contributed by atoms with Gasteiger partial charge in [0.05, 0.1) is 7.11 Å². The van der Waals surface area contributed by atoms with Gasteiger partial charge in [-0.15, -0.1) is 0 Å². The van der Waals surface area contributed by atoms with Gasteiger partial charge < -0.3 is 25.0 Å². The SMILES string of the molecule is COc1ncc(C(O)C(O)CNC(=O)OC(C)(C)C)cc1C(F)(F)F. The zero-order valence-corrected chi connectivity index (χ0v) is 14.2. The Balaban J connectivity index is 2.82. The molecule has 0 aliphatic carbocycles.